The van der Waals surface area contributed by atoms with Gasteiger partial charge >= 0.3 is 0 Å². The highest BCUT2D eigenvalue weighted by atomic mass is 19.1. The Morgan fingerprint density at radius 1 is 0.667 bits per heavy atom. The maximum absolute atomic E-state index is 13.7. The number of benzene rings is 4. The van der Waals surface area contributed by atoms with E-state index in [-0.39, 0.29) is 12.4 Å². The molecule has 0 radical (unpaired) electrons. The van der Waals surface area contributed by atoms with Crippen LogP contribution < -0.4 is 14.8 Å². The van der Waals surface area contributed by atoms with Gasteiger partial charge in [-0.1, -0.05) is 48.5 Å². The van der Waals surface area contributed by atoms with Crippen LogP contribution in [0.5, 0.6) is 17.2 Å². The molecule has 4 rings (SSSR count). The van der Waals surface area contributed by atoms with Gasteiger partial charge in [-0.3, -0.25) is 0 Å². The maximum Gasteiger partial charge on any atom is 0.129 e. The minimum atomic E-state index is -0.255. The zero-order valence-electron chi connectivity index (χ0n) is 16.4. The SMILES string of the molecule is Fc1ccccc1COc1cccc(CNc2ccc(Oc3ccccc3)cc2)c1. The summed E-state index contributed by atoms with van der Waals surface area (Å²) in [6.07, 6.45) is 0. The van der Waals surface area contributed by atoms with Crippen LogP contribution in [0.2, 0.25) is 0 Å². The lowest BCUT2D eigenvalue weighted by atomic mass is 10.2. The third kappa shape index (κ3) is 5.39. The molecule has 0 saturated heterocycles. The third-order valence-corrected chi connectivity index (χ3v) is 4.58. The summed E-state index contributed by atoms with van der Waals surface area (Å²) in [6, 6.07) is 32.0. The molecule has 30 heavy (non-hydrogen) atoms. The lowest BCUT2D eigenvalue weighted by Gasteiger charge is -2.11. The van der Waals surface area contributed by atoms with Gasteiger partial charge in [0.25, 0.3) is 0 Å². The zero-order valence-corrected chi connectivity index (χ0v) is 16.4. The van der Waals surface area contributed by atoms with Gasteiger partial charge in [0.2, 0.25) is 0 Å². The van der Waals surface area contributed by atoms with Gasteiger partial charge in [0.05, 0.1) is 0 Å². The van der Waals surface area contributed by atoms with Crippen molar-refractivity contribution in [1.29, 1.82) is 0 Å². The van der Waals surface area contributed by atoms with Gasteiger partial charge in [0, 0.05) is 17.8 Å². The second kappa shape index (κ2) is 9.61. The van der Waals surface area contributed by atoms with Crippen LogP contribution in [0.4, 0.5) is 10.1 Å². The molecule has 150 valence electrons. The number of para-hydroxylation sites is 1. The Morgan fingerprint density at radius 3 is 2.17 bits per heavy atom. The number of hydrogen-bond acceptors (Lipinski definition) is 3. The molecule has 0 saturated carbocycles. The molecule has 4 heteroatoms. The number of halogens is 1. The molecule has 0 spiro atoms. The second-order valence-electron chi connectivity index (χ2n) is 6.82. The Morgan fingerprint density at radius 2 is 1.37 bits per heavy atom. The van der Waals surface area contributed by atoms with E-state index >= 15 is 0 Å². The lowest BCUT2D eigenvalue weighted by Crippen LogP contribution is -2.01. The Labute approximate surface area is 175 Å². The van der Waals surface area contributed by atoms with Crippen molar-refractivity contribution in [3.05, 3.63) is 120 Å². The fraction of sp³-hybridized carbons (Fsp3) is 0.0769. The second-order valence-corrected chi connectivity index (χ2v) is 6.82. The first-order valence-corrected chi connectivity index (χ1v) is 9.78. The summed E-state index contributed by atoms with van der Waals surface area (Å²) >= 11 is 0. The number of rotatable bonds is 8. The van der Waals surface area contributed by atoms with Crippen molar-refractivity contribution in [2.45, 2.75) is 13.2 Å². The van der Waals surface area contributed by atoms with Gasteiger partial charge in [-0.25, -0.2) is 4.39 Å². The number of ether oxygens (including phenoxy) is 2. The Balaban J connectivity index is 1.31. The summed E-state index contributed by atoms with van der Waals surface area (Å²) in [5, 5.41) is 3.39. The van der Waals surface area contributed by atoms with Crippen LogP contribution in [-0.2, 0) is 13.2 Å². The zero-order chi connectivity index (χ0) is 20.6. The Hall–Kier alpha value is -3.79. The van der Waals surface area contributed by atoms with E-state index in [0.717, 1.165) is 22.7 Å². The average Bonchev–Trinajstić information content (AvgIpc) is 2.79. The predicted octanol–water partition coefficient (Wildman–Crippen LogP) is 6.81. The monoisotopic (exact) mass is 399 g/mol. The predicted molar refractivity (Wildman–Crippen MR) is 117 cm³/mol. The number of hydrogen-bond donors (Lipinski definition) is 1. The Bertz CT molecular complexity index is 1080. The summed E-state index contributed by atoms with van der Waals surface area (Å²) in [6.45, 7) is 0.849. The van der Waals surface area contributed by atoms with Crippen molar-refractivity contribution in [3.63, 3.8) is 0 Å². The molecule has 0 aliphatic heterocycles. The van der Waals surface area contributed by atoms with Crippen LogP contribution in [0, 0.1) is 5.82 Å². The summed E-state index contributed by atoms with van der Waals surface area (Å²) in [5.41, 5.74) is 2.61. The standard InChI is InChI=1S/C26H22FNO2/c27-26-12-5-4-8-21(26)19-29-25-11-6-7-20(17-25)18-28-22-13-15-24(16-14-22)30-23-9-2-1-3-10-23/h1-17,28H,18-19H2. The van der Waals surface area contributed by atoms with E-state index in [2.05, 4.69) is 5.32 Å². The van der Waals surface area contributed by atoms with Crippen LogP contribution in [-0.4, -0.2) is 0 Å². The molecular weight excluding hydrogens is 377 g/mol. The molecule has 0 unspecified atom stereocenters. The number of nitrogens with one attached hydrogen (secondary N) is 1. The fourth-order valence-electron chi connectivity index (χ4n) is 2.99. The first-order valence-electron chi connectivity index (χ1n) is 9.78. The molecule has 1 N–H and O–H groups in total. The lowest BCUT2D eigenvalue weighted by molar-refractivity contribution is 0.299. The van der Waals surface area contributed by atoms with Crippen LogP contribution in [0.3, 0.4) is 0 Å². The minimum absolute atomic E-state index is 0.201. The van der Waals surface area contributed by atoms with E-state index in [4.69, 9.17) is 9.47 Å². The summed E-state index contributed by atoms with van der Waals surface area (Å²) in [5.74, 6) is 2.06. The Kier molecular flexibility index (Phi) is 6.25. The smallest absolute Gasteiger partial charge is 0.129 e. The molecule has 0 heterocycles. The molecule has 0 amide bonds. The van der Waals surface area contributed by atoms with Crippen molar-refractivity contribution in [3.8, 4) is 17.2 Å². The van der Waals surface area contributed by atoms with Crippen molar-refractivity contribution >= 4 is 5.69 Å². The summed E-state index contributed by atoms with van der Waals surface area (Å²) in [7, 11) is 0. The number of anilines is 1. The summed E-state index contributed by atoms with van der Waals surface area (Å²) in [4.78, 5) is 0. The van der Waals surface area contributed by atoms with Gasteiger partial charge in [-0.15, -0.1) is 0 Å². The average molecular weight is 399 g/mol. The molecular formula is C26H22FNO2. The highest BCUT2D eigenvalue weighted by Crippen LogP contribution is 2.23. The first-order chi connectivity index (χ1) is 14.8. The van der Waals surface area contributed by atoms with Gasteiger partial charge in [-0.2, -0.15) is 0 Å². The topological polar surface area (TPSA) is 30.5 Å². The molecule has 0 aliphatic carbocycles. The maximum atomic E-state index is 13.7. The van der Waals surface area contributed by atoms with E-state index in [1.54, 1.807) is 18.2 Å². The van der Waals surface area contributed by atoms with Crippen molar-refractivity contribution < 1.29 is 13.9 Å². The van der Waals surface area contributed by atoms with E-state index in [1.165, 1.54) is 6.07 Å². The van der Waals surface area contributed by atoms with Crippen LogP contribution in [0.1, 0.15) is 11.1 Å². The van der Waals surface area contributed by atoms with Crippen LogP contribution in [0.15, 0.2) is 103 Å². The molecule has 0 bridgehead atoms. The van der Waals surface area contributed by atoms with E-state index in [9.17, 15) is 4.39 Å². The van der Waals surface area contributed by atoms with Crippen molar-refractivity contribution in [2.24, 2.45) is 0 Å². The molecule has 0 aliphatic rings. The summed E-state index contributed by atoms with van der Waals surface area (Å²) < 4.78 is 25.3. The molecule has 0 aromatic heterocycles. The first kappa shape index (κ1) is 19.5. The highest BCUT2D eigenvalue weighted by Gasteiger charge is 2.03. The van der Waals surface area contributed by atoms with Crippen molar-refractivity contribution in [1.82, 2.24) is 0 Å². The van der Waals surface area contributed by atoms with Crippen LogP contribution >= 0.6 is 0 Å². The fourth-order valence-corrected chi connectivity index (χ4v) is 2.99. The molecule has 0 fully saturated rings. The normalized spacial score (nSPS) is 10.4. The van der Waals surface area contributed by atoms with Gasteiger partial charge < -0.3 is 14.8 Å². The van der Waals surface area contributed by atoms with E-state index < -0.39 is 0 Å². The minimum Gasteiger partial charge on any atom is -0.489 e. The molecule has 4 aromatic rings. The largest absolute Gasteiger partial charge is 0.489 e. The van der Waals surface area contributed by atoms with Crippen molar-refractivity contribution in [2.75, 3.05) is 5.32 Å². The van der Waals surface area contributed by atoms with E-state index in [1.807, 2.05) is 78.9 Å². The molecule has 4 aromatic carbocycles. The van der Waals surface area contributed by atoms with Gasteiger partial charge in [0.1, 0.15) is 29.7 Å². The van der Waals surface area contributed by atoms with E-state index in [0.29, 0.717) is 17.9 Å². The van der Waals surface area contributed by atoms with Crippen LogP contribution in [0.25, 0.3) is 0 Å². The third-order valence-electron chi connectivity index (χ3n) is 4.58. The molecule has 3 nitrogen and oxygen atoms in total. The van der Waals surface area contributed by atoms with Gasteiger partial charge in [-0.05, 0) is 60.2 Å². The van der Waals surface area contributed by atoms with Gasteiger partial charge in [0.15, 0.2) is 0 Å². The highest BCUT2D eigenvalue weighted by molar-refractivity contribution is 5.48. The quantitative estimate of drug-likeness (QED) is 0.353. The molecule has 0 atom stereocenters.